The summed E-state index contributed by atoms with van der Waals surface area (Å²) < 4.78 is 1.89. The van der Waals surface area contributed by atoms with Crippen molar-refractivity contribution in [2.24, 2.45) is 18.7 Å². The lowest BCUT2D eigenvalue weighted by Crippen LogP contribution is -2.57. The molecule has 1 aliphatic carbocycles. The van der Waals surface area contributed by atoms with Crippen LogP contribution in [0.3, 0.4) is 0 Å². The van der Waals surface area contributed by atoms with Crippen molar-refractivity contribution in [3.63, 3.8) is 0 Å². The van der Waals surface area contributed by atoms with Crippen LogP contribution in [0.5, 0.6) is 0 Å². The second-order valence-corrected chi connectivity index (χ2v) is 6.89. The van der Waals surface area contributed by atoms with E-state index in [0.29, 0.717) is 0 Å². The Morgan fingerprint density at radius 2 is 2.29 bits per heavy atom. The maximum absolute atomic E-state index is 6.25. The Hall–Kier alpha value is -0.870. The van der Waals surface area contributed by atoms with Gasteiger partial charge in [0.05, 0.1) is 6.20 Å². The Morgan fingerprint density at radius 1 is 1.48 bits per heavy atom. The first-order valence-corrected chi connectivity index (χ1v) is 8.52. The summed E-state index contributed by atoms with van der Waals surface area (Å²) in [5, 5.41) is 4.28. The zero-order valence-corrected chi connectivity index (χ0v) is 14.0. The predicted molar refractivity (Wildman–Crippen MR) is 88.2 cm³/mol. The first-order chi connectivity index (χ1) is 10.1. The van der Waals surface area contributed by atoms with Crippen LogP contribution in [0.2, 0.25) is 0 Å². The van der Waals surface area contributed by atoms with Crippen molar-refractivity contribution >= 4 is 0 Å². The molecule has 4 nitrogen and oxygen atoms in total. The van der Waals surface area contributed by atoms with E-state index in [9.17, 15) is 0 Å². The minimum Gasteiger partial charge on any atom is -0.329 e. The molecule has 2 N–H and O–H groups in total. The van der Waals surface area contributed by atoms with Crippen LogP contribution < -0.4 is 5.73 Å². The predicted octanol–water partition coefficient (Wildman–Crippen LogP) is 2.58. The van der Waals surface area contributed by atoms with Gasteiger partial charge in [-0.3, -0.25) is 9.58 Å². The molecule has 0 aliphatic heterocycles. The lowest BCUT2D eigenvalue weighted by Gasteiger charge is -2.48. The molecule has 0 saturated heterocycles. The lowest BCUT2D eigenvalue weighted by molar-refractivity contribution is 0.0397. The van der Waals surface area contributed by atoms with Crippen LogP contribution in [0.4, 0.5) is 0 Å². The molecule has 0 spiro atoms. The molecule has 2 atom stereocenters. The van der Waals surface area contributed by atoms with Gasteiger partial charge in [-0.15, -0.1) is 0 Å². The molecule has 0 aromatic carbocycles. The summed E-state index contributed by atoms with van der Waals surface area (Å²) in [4.78, 5) is 2.68. The van der Waals surface area contributed by atoms with Crippen LogP contribution in [0, 0.1) is 5.92 Å². The van der Waals surface area contributed by atoms with Crippen molar-refractivity contribution in [2.75, 3.05) is 19.6 Å². The minimum absolute atomic E-state index is 0.232. The van der Waals surface area contributed by atoms with Crippen molar-refractivity contribution in [3.8, 4) is 0 Å². The van der Waals surface area contributed by atoms with Gasteiger partial charge in [-0.25, -0.2) is 0 Å². The third-order valence-corrected chi connectivity index (χ3v) is 5.04. The fraction of sp³-hybridized carbons (Fsp3) is 0.824. The van der Waals surface area contributed by atoms with Crippen molar-refractivity contribution < 1.29 is 0 Å². The normalized spacial score (nSPS) is 26.4. The number of hydrogen-bond donors (Lipinski definition) is 1. The zero-order valence-electron chi connectivity index (χ0n) is 14.0. The molecule has 1 aliphatic rings. The van der Waals surface area contributed by atoms with Gasteiger partial charge in [0.15, 0.2) is 0 Å². The van der Waals surface area contributed by atoms with E-state index in [1.54, 1.807) is 0 Å². The molecule has 2 rings (SSSR count). The number of aryl methyl sites for hydroxylation is 1. The number of nitrogens with zero attached hydrogens (tertiary/aromatic N) is 3. The molecule has 2 unspecified atom stereocenters. The highest BCUT2D eigenvalue weighted by Gasteiger charge is 2.38. The minimum atomic E-state index is 0.232. The van der Waals surface area contributed by atoms with E-state index in [1.165, 1.54) is 37.7 Å². The second-order valence-electron chi connectivity index (χ2n) is 6.89. The maximum Gasteiger partial charge on any atom is 0.0522 e. The Kier molecular flexibility index (Phi) is 5.82. The Morgan fingerprint density at radius 3 is 2.86 bits per heavy atom. The number of hydrogen-bond acceptors (Lipinski definition) is 3. The van der Waals surface area contributed by atoms with Crippen LogP contribution in [0.25, 0.3) is 0 Å². The molecule has 1 fully saturated rings. The zero-order chi connectivity index (χ0) is 15.3. The van der Waals surface area contributed by atoms with Gasteiger partial charge in [0, 0.05) is 31.9 Å². The molecule has 21 heavy (non-hydrogen) atoms. The fourth-order valence-electron chi connectivity index (χ4n) is 3.96. The lowest BCUT2D eigenvalue weighted by atomic mass is 9.75. The standard InChI is InChI=1S/C17H32N4/c1-4-9-21(10-7-16-12-19-20(3)13-16)17(14-18)8-5-6-15(2)11-17/h12-13,15H,4-11,14,18H2,1-3H3. The van der Waals surface area contributed by atoms with Crippen LogP contribution in [0.1, 0.15) is 51.5 Å². The topological polar surface area (TPSA) is 47.1 Å². The summed E-state index contributed by atoms with van der Waals surface area (Å²) in [6, 6.07) is 0. The highest BCUT2D eigenvalue weighted by molar-refractivity contribution is 5.05. The number of nitrogens with two attached hydrogens (primary N) is 1. The van der Waals surface area contributed by atoms with E-state index in [0.717, 1.165) is 32.0 Å². The largest absolute Gasteiger partial charge is 0.329 e. The summed E-state index contributed by atoms with van der Waals surface area (Å²) in [7, 11) is 1.98. The smallest absolute Gasteiger partial charge is 0.0522 e. The average Bonchev–Trinajstić information content (AvgIpc) is 2.89. The third kappa shape index (κ3) is 4.07. The molecule has 1 heterocycles. The monoisotopic (exact) mass is 292 g/mol. The van der Waals surface area contributed by atoms with E-state index in [1.807, 2.05) is 17.9 Å². The molecule has 1 saturated carbocycles. The van der Waals surface area contributed by atoms with Crippen LogP contribution in [0.15, 0.2) is 12.4 Å². The third-order valence-electron chi connectivity index (χ3n) is 5.04. The van der Waals surface area contributed by atoms with Gasteiger partial charge in [0.25, 0.3) is 0 Å². The summed E-state index contributed by atoms with van der Waals surface area (Å²) in [6.07, 6.45) is 11.6. The van der Waals surface area contributed by atoms with Gasteiger partial charge in [0.1, 0.15) is 0 Å². The number of rotatable bonds is 7. The highest BCUT2D eigenvalue weighted by atomic mass is 15.2. The fourth-order valence-corrected chi connectivity index (χ4v) is 3.96. The van der Waals surface area contributed by atoms with Gasteiger partial charge in [0.2, 0.25) is 0 Å². The van der Waals surface area contributed by atoms with Crippen LogP contribution >= 0.6 is 0 Å². The van der Waals surface area contributed by atoms with E-state index in [-0.39, 0.29) is 5.54 Å². The second kappa shape index (κ2) is 7.41. The van der Waals surface area contributed by atoms with Gasteiger partial charge in [-0.1, -0.05) is 26.7 Å². The van der Waals surface area contributed by atoms with E-state index in [2.05, 4.69) is 30.0 Å². The first kappa shape index (κ1) is 16.5. The molecule has 0 radical (unpaired) electrons. The molecule has 1 aromatic rings. The summed E-state index contributed by atoms with van der Waals surface area (Å²) in [5.41, 5.74) is 7.81. The van der Waals surface area contributed by atoms with Gasteiger partial charge < -0.3 is 5.73 Å². The molecule has 1 aromatic heterocycles. The molecule has 4 heteroatoms. The average molecular weight is 292 g/mol. The maximum atomic E-state index is 6.25. The van der Waals surface area contributed by atoms with Crippen molar-refractivity contribution in [3.05, 3.63) is 18.0 Å². The Bertz CT molecular complexity index is 428. The Balaban J connectivity index is 2.04. The van der Waals surface area contributed by atoms with Gasteiger partial charge >= 0.3 is 0 Å². The van der Waals surface area contributed by atoms with Crippen LogP contribution in [-0.2, 0) is 13.5 Å². The van der Waals surface area contributed by atoms with Crippen molar-refractivity contribution in [1.82, 2.24) is 14.7 Å². The van der Waals surface area contributed by atoms with Gasteiger partial charge in [-0.2, -0.15) is 5.10 Å². The van der Waals surface area contributed by atoms with Crippen molar-refractivity contribution in [2.45, 2.75) is 57.9 Å². The first-order valence-electron chi connectivity index (χ1n) is 8.52. The SMILES string of the molecule is CCCN(CCc1cnn(C)c1)C1(CN)CCCC(C)C1. The molecule has 120 valence electrons. The highest BCUT2D eigenvalue weighted by Crippen LogP contribution is 2.36. The molecular weight excluding hydrogens is 260 g/mol. The van der Waals surface area contributed by atoms with Crippen LogP contribution in [-0.4, -0.2) is 39.9 Å². The number of aromatic nitrogens is 2. The van der Waals surface area contributed by atoms with E-state index in [4.69, 9.17) is 5.73 Å². The molecule has 0 bridgehead atoms. The van der Waals surface area contributed by atoms with Gasteiger partial charge in [-0.05, 0) is 43.7 Å². The van der Waals surface area contributed by atoms with Crippen molar-refractivity contribution in [1.29, 1.82) is 0 Å². The molecular formula is C17H32N4. The molecule has 0 amide bonds. The van der Waals surface area contributed by atoms with E-state index < -0.39 is 0 Å². The summed E-state index contributed by atoms with van der Waals surface area (Å²) >= 11 is 0. The summed E-state index contributed by atoms with van der Waals surface area (Å²) in [5.74, 6) is 0.806. The quantitative estimate of drug-likeness (QED) is 0.840. The summed E-state index contributed by atoms with van der Waals surface area (Å²) in [6.45, 7) is 7.71. The Labute approximate surface area is 129 Å². The van der Waals surface area contributed by atoms with E-state index >= 15 is 0 Å².